The molecule has 0 nitrogen and oxygen atoms in total. The van der Waals surface area contributed by atoms with Gasteiger partial charge in [0.2, 0.25) is 0 Å². The third kappa shape index (κ3) is 2.28. The topological polar surface area (TPSA) is 0 Å². The Balaban J connectivity index is 1.94. The molecule has 0 radical (unpaired) electrons. The summed E-state index contributed by atoms with van der Waals surface area (Å²) in [7, 11) is 0. The number of alkyl halides is 3. The van der Waals surface area contributed by atoms with Crippen LogP contribution in [0, 0.1) is 5.92 Å². The summed E-state index contributed by atoms with van der Waals surface area (Å²) in [6.45, 7) is 0. The minimum absolute atomic E-state index is 0.137. The molecule has 3 heteroatoms. The summed E-state index contributed by atoms with van der Waals surface area (Å²) in [5.74, 6) is -0.0461. The van der Waals surface area contributed by atoms with E-state index in [1.165, 1.54) is 0 Å². The Kier molecular flexibility index (Phi) is 2.25. The van der Waals surface area contributed by atoms with Crippen molar-refractivity contribution in [2.75, 3.05) is 0 Å². The molecule has 14 heavy (non-hydrogen) atoms. The molecule has 1 saturated carbocycles. The van der Waals surface area contributed by atoms with Crippen LogP contribution in [0.3, 0.4) is 0 Å². The van der Waals surface area contributed by atoms with Gasteiger partial charge in [-0.05, 0) is 23.8 Å². The van der Waals surface area contributed by atoms with Crippen LogP contribution in [-0.4, -0.2) is 6.18 Å². The second kappa shape index (κ2) is 3.30. The van der Waals surface area contributed by atoms with Crippen molar-refractivity contribution in [1.29, 1.82) is 0 Å². The van der Waals surface area contributed by atoms with Crippen molar-refractivity contribution in [2.24, 2.45) is 5.92 Å². The Morgan fingerprint density at radius 2 is 1.79 bits per heavy atom. The zero-order valence-electron chi connectivity index (χ0n) is 7.59. The van der Waals surface area contributed by atoms with E-state index in [0.29, 0.717) is 6.42 Å². The van der Waals surface area contributed by atoms with E-state index in [2.05, 4.69) is 0 Å². The molecule has 0 aromatic heterocycles. The van der Waals surface area contributed by atoms with E-state index in [1.807, 2.05) is 30.3 Å². The maximum atomic E-state index is 12.0. The number of benzene rings is 1. The predicted octanol–water partition coefficient (Wildman–Crippen LogP) is 3.74. The average molecular weight is 200 g/mol. The molecule has 2 unspecified atom stereocenters. The number of hydrogen-bond acceptors (Lipinski definition) is 0. The molecule has 1 fully saturated rings. The van der Waals surface area contributed by atoms with E-state index >= 15 is 0 Å². The first kappa shape index (κ1) is 9.56. The van der Waals surface area contributed by atoms with Crippen LogP contribution in [0.2, 0.25) is 0 Å². The van der Waals surface area contributed by atoms with Crippen molar-refractivity contribution in [3.63, 3.8) is 0 Å². The lowest BCUT2D eigenvalue weighted by molar-refractivity contribution is -0.138. The van der Waals surface area contributed by atoms with Gasteiger partial charge in [-0.3, -0.25) is 0 Å². The van der Waals surface area contributed by atoms with Crippen molar-refractivity contribution in [3.05, 3.63) is 35.9 Å². The van der Waals surface area contributed by atoms with E-state index in [0.717, 1.165) is 5.56 Å². The van der Waals surface area contributed by atoms with Gasteiger partial charge in [-0.1, -0.05) is 30.3 Å². The molecule has 2 atom stereocenters. The molecule has 76 valence electrons. The molecule has 0 amide bonds. The lowest BCUT2D eigenvalue weighted by Crippen LogP contribution is -2.08. The molecular formula is C11H11F3. The van der Waals surface area contributed by atoms with Gasteiger partial charge in [-0.25, -0.2) is 0 Å². The van der Waals surface area contributed by atoms with Crippen LogP contribution in [-0.2, 0) is 0 Å². The third-order valence-corrected chi connectivity index (χ3v) is 2.64. The van der Waals surface area contributed by atoms with Crippen LogP contribution in [0.15, 0.2) is 30.3 Å². The minimum atomic E-state index is -4.01. The van der Waals surface area contributed by atoms with E-state index in [9.17, 15) is 13.2 Å². The SMILES string of the molecule is FC(F)(F)CC1CC1c1ccccc1. The first-order valence-electron chi connectivity index (χ1n) is 4.68. The molecule has 2 rings (SSSR count). The molecule has 1 aliphatic carbocycles. The first-order chi connectivity index (χ1) is 6.56. The van der Waals surface area contributed by atoms with Crippen molar-refractivity contribution in [3.8, 4) is 0 Å². The van der Waals surface area contributed by atoms with Gasteiger partial charge in [0.25, 0.3) is 0 Å². The summed E-state index contributed by atoms with van der Waals surface area (Å²) in [6, 6.07) is 9.43. The van der Waals surface area contributed by atoms with E-state index < -0.39 is 12.6 Å². The highest BCUT2D eigenvalue weighted by molar-refractivity contribution is 5.25. The normalized spacial score (nSPS) is 26.2. The van der Waals surface area contributed by atoms with Gasteiger partial charge in [0.15, 0.2) is 0 Å². The van der Waals surface area contributed by atoms with Crippen LogP contribution in [0.4, 0.5) is 13.2 Å². The van der Waals surface area contributed by atoms with Crippen molar-refractivity contribution in [1.82, 2.24) is 0 Å². The highest BCUT2D eigenvalue weighted by Gasteiger charge is 2.45. The number of rotatable bonds is 2. The largest absolute Gasteiger partial charge is 0.389 e. The van der Waals surface area contributed by atoms with Crippen LogP contribution >= 0.6 is 0 Å². The molecule has 0 heterocycles. The zero-order chi connectivity index (χ0) is 10.2. The zero-order valence-corrected chi connectivity index (χ0v) is 7.59. The summed E-state index contributed by atoms with van der Waals surface area (Å²) >= 11 is 0. The second-order valence-electron chi connectivity index (χ2n) is 3.83. The van der Waals surface area contributed by atoms with Crippen molar-refractivity contribution in [2.45, 2.75) is 24.9 Å². The minimum Gasteiger partial charge on any atom is -0.171 e. The summed E-state index contributed by atoms with van der Waals surface area (Å²) < 4.78 is 36.1. The quantitative estimate of drug-likeness (QED) is 0.682. The monoisotopic (exact) mass is 200 g/mol. The van der Waals surface area contributed by atoms with Crippen molar-refractivity contribution < 1.29 is 13.2 Å². The fourth-order valence-electron chi connectivity index (χ4n) is 1.88. The smallest absolute Gasteiger partial charge is 0.171 e. The summed E-state index contributed by atoms with van der Waals surface area (Å²) in [5.41, 5.74) is 1.04. The Hall–Kier alpha value is -0.990. The fraction of sp³-hybridized carbons (Fsp3) is 0.455. The highest BCUT2D eigenvalue weighted by Crippen LogP contribution is 2.52. The van der Waals surface area contributed by atoms with Crippen LogP contribution < -0.4 is 0 Å². The Morgan fingerprint density at radius 3 is 2.36 bits per heavy atom. The average Bonchev–Trinajstić information content (AvgIpc) is 2.82. The molecule has 1 aromatic carbocycles. The Morgan fingerprint density at radius 1 is 1.14 bits per heavy atom. The van der Waals surface area contributed by atoms with Gasteiger partial charge in [-0.2, -0.15) is 13.2 Å². The van der Waals surface area contributed by atoms with Gasteiger partial charge in [0.1, 0.15) is 0 Å². The molecule has 0 aliphatic heterocycles. The molecular weight excluding hydrogens is 189 g/mol. The van der Waals surface area contributed by atoms with Crippen LogP contribution in [0.5, 0.6) is 0 Å². The van der Waals surface area contributed by atoms with E-state index in [1.54, 1.807) is 0 Å². The molecule has 0 N–H and O–H groups in total. The van der Waals surface area contributed by atoms with E-state index in [4.69, 9.17) is 0 Å². The van der Waals surface area contributed by atoms with Crippen LogP contribution in [0.25, 0.3) is 0 Å². The van der Waals surface area contributed by atoms with Gasteiger partial charge < -0.3 is 0 Å². The molecule has 0 saturated heterocycles. The molecule has 0 bridgehead atoms. The highest BCUT2D eigenvalue weighted by atomic mass is 19.4. The Labute approximate surface area is 80.7 Å². The molecule has 1 aliphatic rings. The summed E-state index contributed by atoms with van der Waals surface area (Å²) in [6.07, 6.45) is -3.95. The second-order valence-corrected chi connectivity index (χ2v) is 3.83. The van der Waals surface area contributed by atoms with Crippen LogP contribution in [0.1, 0.15) is 24.3 Å². The fourth-order valence-corrected chi connectivity index (χ4v) is 1.88. The van der Waals surface area contributed by atoms with E-state index in [-0.39, 0.29) is 11.8 Å². The lowest BCUT2D eigenvalue weighted by atomic mass is 10.1. The van der Waals surface area contributed by atoms with Gasteiger partial charge >= 0.3 is 6.18 Å². The van der Waals surface area contributed by atoms with Gasteiger partial charge in [0, 0.05) is 6.42 Å². The van der Waals surface area contributed by atoms with Gasteiger partial charge in [-0.15, -0.1) is 0 Å². The maximum Gasteiger partial charge on any atom is 0.389 e. The van der Waals surface area contributed by atoms with Gasteiger partial charge in [0.05, 0.1) is 0 Å². The number of halogens is 3. The standard InChI is InChI=1S/C11H11F3/c12-11(13,14)7-9-6-10(9)8-4-2-1-3-5-8/h1-5,9-10H,6-7H2. The Bertz CT molecular complexity index is 302. The summed E-state index contributed by atoms with van der Waals surface area (Å²) in [4.78, 5) is 0. The number of hydrogen-bond donors (Lipinski definition) is 0. The maximum absolute atomic E-state index is 12.0. The van der Waals surface area contributed by atoms with Crippen molar-refractivity contribution >= 4 is 0 Å². The molecule has 0 spiro atoms. The third-order valence-electron chi connectivity index (χ3n) is 2.64. The predicted molar refractivity (Wildman–Crippen MR) is 48.0 cm³/mol. The summed E-state index contributed by atoms with van der Waals surface area (Å²) in [5, 5.41) is 0. The first-order valence-corrected chi connectivity index (χ1v) is 4.68. The lowest BCUT2D eigenvalue weighted by Gasteiger charge is -2.04. The molecule has 1 aromatic rings.